The maximum atomic E-state index is 11.9. The van der Waals surface area contributed by atoms with Crippen LogP contribution >= 0.6 is 0 Å². The van der Waals surface area contributed by atoms with Crippen LogP contribution in [0.15, 0.2) is 28.4 Å². The molecule has 21 heavy (non-hydrogen) atoms. The van der Waals surface area contributed by atoms with Crippen LogP contribution in [0.3, 0.4) is 0 Å². The largest absolute Gasteiger partial charge is 0.369 e. The molecule has 0 aromatic heterocycles. The van der Waals surface area contributed by atoms with Gasteiger partial charge in [0.25, 0.3) is 0 Å². The van der Waals surface area contributed by atoms with Crippen LogP contribution in [0.5, 0.6) is 0 Å². The zero-order valence-electron chi connectivity index (χ0n) is 13.2. The number of carbonyl (C=O) groups is 1. The van der Waals surface area contributed by atoms with Gasteiger partial charge in [-0.3, -0.25) is 9.69 Å². The molecule has 1 saturated carbocycles. The average molecular weight is 287 g/mol. The molecule has 4 heteroatoms. The van der Waals surface area contributed by atoms with E-state index in [0.717, 1.165) is 18.5 Å². The van der Waals surface area contributed by atoms with Gasteiger partial charge >= 0.3 is 0 Å². The van der Waals surface area contributed by atoms with E-state index < -0.39 is 0 Å². The molecule has 114 valence electrons. The molecule has 2 N–H and O–H groups in total. The highest BCUT2D eigenvalue weighted by molar-refractivity contribution is 5.97. The summed E-state index contributed by atoms with van der Waals surface area (Å²) in [7, 11) is 0. The Bertz CT molecular complexity index is 546. The Kier molecular flexibility index (Phi) is 3.64. The van der Waals surface area contributed by atoms with Gasteiger partial charge in [0.05, 0.1) is 5.70 Å². The SMILES string of the molecule is CC/C=C/C1=C2N=C(N)N(C(C)=O)[C@H]3CC[C@@H](CC1C)[C@@H]23. The zero-order valence-corrected chi connectivity index (χ0v) is 13.2. The number of guanidine groups is 1. The number of amides is 1. The van der Waals surface area contributed by atoms with Gasteiger partial charge in [0.1, 0.15) is 0 Å². The van der Waals surface area contributed by atoms with E-state index in [4.69, 9.17) is 5.73 Å². The highest BCUT2D eigenvalue weighted by Crippen LogP contribution is 2.51. The monoisotopic (exact) mass is 287 g/mol. The quantitative estimate of drug-likeness (QED) is 0.849. The maximum absolute atomic E-state index is 11.9. The minimum atomic E-state index is 0.0187. The van der Waals surface area contributed by atoms with Gasteiger partial charge < -0.3 is 5.73 Å². The van der Waals surface area contributed by atoms with Crippen molar-refractivity contribution in [2.24, 2.45) is 28.5 Å². The predicted octanol–water partition coefficient (Wildman–Crippen LogP) is 2.82. The van der Waals surface area contributed by atoms with E-state index in [9.17, 15) is 4.79 Å². The molecule has 0 saturated heterocycles. The summed E-state index contributed by atoms with van der Waals surface area (Å²) in [5, 5.41) is 0. The van der Waals surface area contributed by atoms with Crippen molar-refractivity contribution < 1.29 is 4.79 Å². The summed E-state index contributed by atoms with van der Waals surface area (Å²) in [6.07, 6.45) is 8.89. The van der Waals surface area contributed by atoms with E-state index >= 15 is 0 Å². The number of aliphatic imine (C=N–C) groups is 1. The molecule has 1 fully saturated rings. The first kappa shape index (κ1) is 14.4. The first-order valence-corrected chi connectivity index (χ1v) is 8.09. The lowest BCUT2D eigenvalue weighted by Gasteiger charge is -2.42. The van der Waals surface area contributed by atoms with Gasteiger partial charge in [-0.2, -0.15) is 0 Å². The molecule has 2 aliphatic carbocycles. The Morgan fingerprint density at radius 2 is 2.24 bits per heavy atom. The Hall–Kier alpha value is -1.58. The highest BCUT2D eigenvalue weighted by Gasteiger charge is 2.49. The number of hydrogen-bond donors (Lipinski definition) is 1. The highest BCUT2D eigenvalue weighted by atomic mass is 16.2. The van der Waals surface area contributed by atoms with Crippen molar-refractivity contribution in [1.29, 1.82) is 0 Å². The van der Waals surface area contributed by atoms with Gasteiger partial charge in [0.2, 0.25) is 11.9 Å². The van der Waals surface area contributed by atoms with Crippen LogP contribution in [-0.4, -0.2) is 22.8 Å². The van der Waals surface area contributed by atoms with Crippen LogP contribution in [-0.2, 0) is 4.79 Å². The lowest BCUT2D eigenvalue weighted by molar-refractivity contribution is -0.127. The minimum absolute atomic E-state index is 0.0187. The number of nitrogens with two attached hydrogens (primary N) is 1. The smallest absolute Gasteiger partial charge is 0.226 e. The Labute approximate surface area is 126 Å². The van der Waals surface area contributed by atoms with Gasteiger partial charge in [0, 0.05) is 18.9 Å². The van der Waals surface area contributed by atoms with Gasteiger partial charge in [-0.15, -0.1) is 0 Å². The van der Waals surface area contributed by atoms with Crippen LogP contribution in [0.4, 0.5) is 0 Å². The topological polar surface area (TPSA) is 58.7 Å². The molecule has 0 aromatic rings. The van der Waals surface area contributed by atoms with Crippen LogP contribution in [0.2, 0.25) is 0 Å². The third-order valence-electron chi connectivity index (χ3n) is 5.24. The molecule has 0 bridgehead atoms. The fraction of sp³-hybridized carbons (Fsp3) is 0.647. The molecule has 1 aliphatic heterocycles. The summed E-state index contributed by atoms with van der Waals surface area (Å²) >= 11 is 0. The number of carbonyl (C=O) groups excluding carboxylic acids is 1. The molecule has 1 amide bonds. The second-order valence-electron chi connectivity index (χ2n) is 6.58. The predicted molar refractivity (Wildman–Crippen MR) is 84.4 cm³/mol. The second kappa shape index (κ2) is 5.32. The second-order valence-corrected chi connectivity index (χ2v) is 6.58. The van der Waals surface area contributed by atoms with Crippen molar-refractivity contribution in [3.63, 3.8) is 0 Å². The summed E-state index contributed by atoms with van der Waals surface area (Å²) in [4.78, 5) is 18.3. The van der Waals surface area contributed by atoms with E-state index in [1.807, 2.05) is 0 Å². The molecule has 3 rings (SSSR count). The molecule has 1 unspecified atom stereocenters. The van der Waals surface area contributed by atoms with E-state index in [2.05, 4.69) is 31.0 Å². The summed E-state index contributed by atoms with van der Waals surface area (Å²) < 4.78 is 0. The summed E-state index contributed by atoms with van der Waals surface area (Å²) in [6, 6.07) is 0.220. The van der Waals surface area contributed by atoms with Crippen molar-refractivity contribution in [3.8, 4) is 0 Å². The van der Waals surface area contributed by atoms with Crippen molar-refractivity contribution >= 4 is 11.9 Å². The molecular formula is C17H25N3O. The summed E-state index contributed by atoms with van der Waals surface area (Å²) in [5.41, 5.74) is 8.59. The Morgan fingerprint density at radius 3 is 2.90 bits per heavy atom. The zero-order chi connectivity index (χ0) is 15.1. The van der Waals surface area contributed by atoms with Crippen LogP contribution in [0, 0.1) is 17.8 Å². The van der Waals surface area contributed by atoms with E-state index in [0.29, 0.717) is 23.7 Å². The number of rotatable bonds is 2. The number of hydrogen-bond acceptors (Lipinski definition) is 3. The maximum Gasteiger partial charge on any atom is 0.226 e. The molecule has 0 spiro atoms. The van der Waals surface area contributed by atoms with E-state index in [1.165, 1.54) is 18.4 Å². The first-order valence-electron chi connectivity index (χ1n) is 8.09. The lowest BCUT2D eigenvalue weighted by atomic mass is 9.73. The van der Waals surface area contributed by atoms with Crippen LogP contribution < -0.4 is 5.73 Å². The minimum Gasteiger partial charge on any atom is -0.369 e. The fourth-order valence-electron chi connectivity index (χ4n) is 4.42. The standard InChI is InChI=1S/C17H25N3O/c1-4-5-6-13-10(2)9-12-7-8-14-15(12)16(13)19-17(18)20(14)11(3)21/h5-6,10,12,14-15H,4,7-9H2,1-3H3,(H2,18,19)/b6-5+/t10?,12-,14-,15+/m0/s1. The Balaban J connectivity index is 2.11. The molecule has 0 radical (unpaired) electrons. The van der Waals surface area contributed by atoms with Crippen molar-refractivity contribution in [2.45, 2.75) is 52.5 Å². The summed E-state index contributed by atoms with van der Waals surface area (Å²) in [5.74, 6) is 1.97. The van der Waals surface area contributed by atoms with E-state index in [-0.39, 0.29) is 11.9 Å². The van der Waals surface area contributed by atoms with Crippen molar-refractivity contribution in [2.75, 3.05) is 0 Å². The van der Waals surface area contributed by atoms with E-state index in [1.54, 1.807) is 11.8 Å². The molecule has 4 atom stereocenters. The number of allylic oxidation sites excluding steroid dienone is 3. The molecule has 1 heterocycles. The third kappa shape index (κ3) is 2.21. The molecule has 4 nitrogen and oxygen atoms in total. The van der Waals surface area contributed by atoms with Crippen molar-refractivity contribution in [1.82, 2.24) is 4.90 Å². The van der Waals surface area contributed by atoms with Crippen LogP contribution in [0.1, 0.15) is 46.5 Å². The van der Waals surface area contributed by atoms with Gasteiger partial charge in [0.15, 0.2) is 0 Å². The average Bonchev–Trinajstić information content (AvgIpc) is 2.82. The van der Waals surface area contributed by atoms with Gasteiger partial charge in [-0.05, 0) is 43.1 Å². The van der Waals surface area contributed by atoms with Gasteiger partial charge in [-0.1, -0.05) is 26.0 Å². The van der Waals surface area contributed by atoms with Crippen LogP contribution in [0.25, 0.3) is 0 Å². The normalized spacial score (nSPS) is 35.2. The first-order chi connectivity index (χ1) is 10.0. The molecule has 0 aromatic carbocycles. The Morgan fingerprint density at radius 1 is 1.48 bits per heavy atom. The van der Waals surface area contributed by atoms with Crippen molar-refractivity contribution in [3.05, 3.63) is 23.4 Å². The number of nitrogens with zero attached hydrogens (tertiary/aromatic N) is 2. The lowest BCUT2D eigenvalue weighted by Crippen LogP contribution is -2.53. The van der Waals surface area contributed by atoms with Gasteiger partial charge in [-0.25, -0.2) is 4.99 Å². The fourth-order valence-corrected chi connectivity index (χ4v) is 4.42. The summed E-state index contributed by atoms with van der Waals surface area (Å²) in [6.45, 7) is 6.02. The molecular weight excluding hydrogens is 262 g/mol. The third-order valence-corrected chi connectivity index (χ3v) is 5.24. The molecule has 3 aliphatic rings.